The predicted molar refractivity (Wildman–Crippen MR) is 114 cm³/mol. The van der Waals surface area contributed by atoms with Crippen molar-refractivity contribution in [1.82, 2.24) is 9.97 Å². The minimum absolute atomic E-state index is 0.628. The fraction of sp³-hybridized carbons (Fsp3) is 0.130. The first-order valence-electron chi connectivity index (χ1n) is 9.11. The first kappa shape index (κ1) is 18.6. The summed E-state index contributed by atoms with van der Waals surface area (Å²) in [6, 6.07) is 21.2. The molecule has 1 heterocycles. The zero-order valence-electron chi connectivity index (χ0n) is 16.5. The summed E-state index contributed by atoms with van der Waals surface area (Å²) in [5.41, 5.74) is 2.57. The SMILES string of the molecule is COc1ccc(-c2nc(Nc3cc(OC)cc(OC)c3)c3ccccc3n2)cc1. The number of anilines is 2. The van der Waals surface area contributed by atoms with Crippen LogP contribution in [0.1, 0.15) is 0 Å². The average Bonchev–Trinajstić information content (AvgIpc) is 2.78. The van der Waals surface area contributed by atoms with Crippen molar-refractivity contribution in [2.45, 2.75) is 0 Å². The number of fused-ring (bicyclic) bond motifs is 1. The molecule has 4 aromatic rings. The first-order chi connectivity index (χ1) is 14.2. The molecule has 0 aliphatic carbocycles. The molecule has 29 heavy (non-hydrogen) atoms. The van der Waals surface area contributed by atoms with Gasteiger partial charge in [-0.25, -0.2) is 9.97 Å². The number of aromatic nitrogens is 2. The van der Waals surface area contributed by atoms with E-state index in [4.69, 9.17) is 24.2 Å². The molecule has 0 aliphatic heterocycles. The third-order valence-corrected chi connectivity index (χ3v) is 4.57. The number of ether oxygens (including phenoxy) is 3. The standard InChI is InChI=1S/C23H21N3O3/c1-27-17-10-8-15(9-11-17)22-25-21-7-5-4-6-20(21)23(26-22)24-16-12-18(28-2)14-19(13-16)29-3/h4-14H,1-3H3,(H,24,25,26). The largest absolute Gasteiger partial charge is 0.497 e. The van der Waals surface area contributed by atoms with Crippen molar-refractivity contribution in [2.75, 3.05) is 26.6 Å². The summed E-state index contributed by atoms with van der Waals surface area (Å²) >= 11 is 0. The van der Waals surface area contributed by atoms with Crippen molar-refractivity contribution in [3.8, 4) is 28.6 Å². The Morgan fingerprint density at radius 1 is 0.690 bits per heavy atom. The molecule has 0 spiro atoms. The molecule has 1 N–H and O–H groups in total. The highest BCUT2D eigenvalue weighted by Gasteiger charge is 2.11. The van der Waals surface area contributed by atoms with Gasteiger partial charge in [0.1, 0.15) is 23.1 Å². The molecule has 6 nitrogen and oxygen atoms in total. The second kappa shape index (κ2) is 8.06. The molecule has 0 bridgehead atoms. The van der Waals surface area contributed by atoms with Gasteiger partial charge in [-0.15, -0.1) is 0 Å². The number of para-hydroxylation sites is 1. The molecule has 146 valence electrons. The topological polar surface area (TPSA) is 65.5 Å². The van der Waals surface area contributed by atoms with E-state index < -0.39 is 0 Å². The summed E-state index contributed by atoms with van der Waals surface area (Å²) in [7, 11) is 4.90. The fourth-order valence-electron chi connectivity index (χ4n) is 3.06. The third-order valence-electron chi connectivity index (χ3n) is 4.57. The smallest absolute Gasteiger partial charge is 0.162 e. The summed E-state index contributed by atoms with van der Waals surface area (Å²) in [5, 5.41) is 4.32. The summed E-state index contributed by atoms with van der Waals surface area (Å²) in [4.78, 5) is 9.52. The molecule has 3 aromatic carbocycles. The maximum absolute atomic E-state index is 5.37. The highest BCUT2D eigenvalue weighted by Crippen LogP contribution is 2.31. The third kappa shape index (κ3) is 3.91. The molecule has 4 rings (SSSR count). The van der Waals surface area contributed by atoms with Gasteiger partial charge < -0.3 is 19.5 Å². The van der Waals surface area contributed by atoms with Crippen molar-refractivity contribution in [3.63, 3.8) is 0 Å². The van der Waals surface area contributed by atoms with E-state index in [0.717, 1.165) is 27.9 Å². The lowest BCUT2D eigenvalue weighted by Crippen LogP contribution is -2.00. The molecular weight excluding hydrogens is 366 g/mol. The van der Waals surface area contributed by atoms with Crippen molar-refractivity contribution < 1.29 is 14.2 Å². The Morgan fingerprint density at radius 3 is 2.00 bits per heavy atom. The van der Waals surface area contributed by atoms with Crippen LogP contribution in [0.3, 0.4) is 0 Å². The zero-order chi connectivity index (χ0) is 20.2. The summed E-state index contributed by atoms with van der Waals surface area (Å²) in [5.74, 6) is 3.51. The number of hydrogen-bond donors (Lipinski definition) is 1. The molecule has 6 heteroatoms. The van der Waals surface area contributed by atoms with E-state index in [0.29, 0.717) is 23.1 Å². The highest BCUT2D eigenvalue weighted by molar-refractivity contribution is 5.92. The normalized spacial score (nSPS) is 10.6. The summed E-state index contributed by atoms with van der Waals surface area (Å²) in [6.45, 7) is 0. The van der Waals surface area contributed by atoms with E-state index in [2.05, 4.69) is 5.32 Å². The Kier molecular flexibility index (Phi) is 5.16. The van der Waals surface area contributed by atoms with Crippen molar-refractivity contribution in [2.24, 2.45) is 0 Å². The van der Waals surface area contributed by atoms with Gasteiger partial charge in [0.25, 0.3) is 0 Å². The number of rotatable bonds is 6. The van der Waals surface area contributed by atoms with Gasteiger partial charge in [-0.05, 0) is 36.4 Å². The van der Waals surface area contributed by atoms with E-state index in [1.165, 1.54) is 0 Å². The number of nitrogens with one attached hydrogen (secondary N) is 1. The zero-order valence-corrected chi connectivity index (χ0v) is 16.5. The van der Waals surface area contributed by atoms with Crippen LogP contribution < -0.4 is 19.5 Å². The molecule has 0 atom stereocenters. The van der Waals surface area contributed by atoms with Crippen molar-refractivity contribution in [3.05, 3.63) is 66.7 Å². The van der Waals surface area contributed by atoms with Gasteiger partial charge in [0, 0.05) is 34.8 Å². The van der Waals surface area contributed by atoms with E-state index in [9.17, 15) is 0 Å². The molecule has 0 unspecified atom stereocenters. The van der Waals surface area contributed by atoms with Gasteiger partial charge in [-0.3, -0.25) is 0 Å². The fourth-order valence-corrected chi connectivity index (χ4v) is 3.06. The molecular formula is C23H21N3O3. The lowest BCUT2D eigenvalue weighted by atomic mass is 10.1. The van der Waals surface area contributed by atoms with Crippen LogP contribution in [0.2, 0.25) is 0 Å². The van der Waals surface area contributed by atoms with Gasteiger partial charge >= 0.3 is 0 Å². The van der Waals surface area contributed by atoms with E-state index >= 15 is 0 Å². The van der Waals surface area contributed by atoms with Crippen LogP contribution in [0.25, 0.3) is 22.3 Å². The average molecular weight is 387 g/mol. The first-order valence-corrected chi connectivity index (χ1v) is 9.11. The Hall–Kier alpha value is -3.80. The van der Waals surface area contributed by atoms with Gasteiger partial charge in [-0.1, -0.05) is 12.1 Å². The second-order valence-electron chi connectivity index (χ2n) is 6.37. The van der Waals surface area contributed by atoms with Crippen LogP contribution in [0.5, 0.6) is 17.2 Å². The predicted octanol–water partition coefficient (Wildman–Crippen LogP) is 5.07. The van der Waals surface area contributed by atoms with Gasteiger partial charge in [0.05, 0.1) is 26.8 Å². The summed E-state index contributed by atoms with van der Waals surface area (Å²) in [6.07, 6.45) is 0. The number of methoxy groups -OCH3 is 3. The molecule has 0 amide bonds. The van der Waals surface area contributed by atoms with Gasteiger partial charge in [0.15, 0.2) is 5.82 Å². The lowest BCUT2D eigenvalue weighted by Gasteiger charge is -2.13. The molecule has 0 radical (unpaired) electrons. The van der Waals surface area contributed by atoms with Crippen molar-refractivity contribution >= 4 is 22.4 Å². The Morgan fingerprint density at radius 2 is 1.34 bits per heavy atom. The second-order valence-corrected chi connectivity index (χ2v) is 6.37. The number of hydrogen-bond acceptors (Lipinski definition) is 6. The number of benzene rings is 3. The molecule has 0 fully saturated rings. The lowest BCUT2D eigenvalue weighted by molar-refractivity contribution is 0.395. The van der Waals surface area contributed by atoms with E-state index in [1.54, 1.807) is 21.3 Å². The molecule has 0 aliphatic rings. The Balaban J connectivity index is 1.80. The molecule has 0 saturated heterocycles. The van der Waals surface area contributed by atoms with Crippen LogP contribution in [0.4, 0.5) is 11.5 Å². The van der Waals surface area contributed by atoms with Crippen LogP contribution in [-0.4, -0.2) is 31.3 Å². The highest BCUT2D eigenvalue weighted by atomic mass is 16.5. The van der Waals surface area contributed by atoms with Gasteiger partial charge in [0.2, 0.25) is 0 Å². The molecule has 1 aromatic heterocycles. The van der Waals surface area contributed by atoms with Crippen LogP contribution in [-0.2, 0) is 0 Å². The monoisotopic (exact) mass is 387 g/mol. The van der Waals surface area contributed by atoms with Crippen LogP contribution >= 0.6 is 0 Å². The maximum atomic E-state index is 5.37. The van der Waals surface area contributed by atoms with Gasteiger partial charge in [-0.2, -0.15) is 0 Å². The molecule has 0 saturated carbocycles. The Bertz CT molecular complexity index is 1120. The minimum Gasteiger partial charge on any atom is -0.497 e. The van der Waals surface area contributed by atoms with E-state index in [1.807, 2.05) is 66.7 Å². The van der Waals surface area contributed by atoms with E-state index in [-0.39, 0.29) is 0 Å². The maximum Gasteiger partial charge on any atom is 0.162 e. The number of nitrogens with zero attached hydrogens (tertiary/aromatic N) is 2. The van der Waals surface area contributed by atoms with Crippen LogP contribution in [0, 0.1) is 0 Å². The quantitative estimate of drug-likeness (QED) is 0.498. The Labute approximate surface area is 169 Å². The van der Waals surface area contributed by atoms with Crippen LogP contribution in [0.15, 0.2) is 66.7 Å². The summed E-state index contributed by atoms with van der Waals surface area (Å²) < 4.78 is 16.0. The van der Waals surface area contributed by atoms with Crippen molar-refractivity contribution in [1.29, 1.82) is 0 Å². The minimum atomic E-state index is 0.628.